The molecule has 4 nitrogen and oxygen atoms in total. The summed E-state index contributed by atoms with van der Waals surface area (Å²) in [5.41, 5.74) is 5.56. The summed E-state index contributed by atoms with van der Waals surface area (Å²) in [7, 11) is 0. The van der Waals surface area contributed by atoms with Crippen LogP contribution in [0.2, 0.25) is 0 Å². The Balaban J connectivity index is 1.94. The van der Waals surface area contributed by atoms with E-state index < -0.39 is 0 Å². The number of nitrogens with one attached hydrogen (secondary N) is 1. The molecule has 1 N–H and O–H groups in total. The van der Waals surface area contributed by atoms with Crippen LogP contribution >= 0.6 is 0 Å². The van der Waals surface area contributed by atoms with Gasteiger partial charge in [-0.1, -0.05) is 61.9 Å². The lowest BCUT2D eigenvalue weighted by atomic mass is 10.0. The number of benzene rings is 2. The molecule has 2 aromatic carbocycles. The number of hydrogen-bond donors (Lipinski definition) is 1. The smallest absolute Gasteiger partial charge is 0.277 e. The third-order valence-electron chi connectivity index (χ3n) is 3.31. The fraction of sp³-hybridized carbons (Fsp3) is 0.263. The number of hydrazone groups is 1. The molecule has 0 heterocycles. The summed E-state index contributed by atoms with van der Waals surface area (Å²) in [5, 5.41) is 4.26. The molecular formula is C19H22N2O2. The van der Waals surface area contributed by atoms with Gasteiger partial charge in [-0.3, -0.25) is 4.79 Å². The Morgan fingerprint density at radius 1 is 1.09 bits per heavy atom. The van der Waals surface area contributed by atoms with Crippen molar-refractivity contribution in [1.29, 1.82) is 0 Å². The number of carbonyl (C=O) groups excluding carboxylic acids is 1. The van der Waals surface area contributed by atoms with Crippen LogP contribution in [-0.4, -0.2) is 18.2 Å². The molecule has 2 rings (SSSR count). The van der Waals surface area contributed by atoms with Crippen molar-refractivity contribution in [2.45, 2.75) is 20.8 Å². The SMILES string of the molecule is Cc1ccc(OCC(=O)NN=C(c2ccccc2)C(C)C)cc1. The molecular weight excluding hydrogens is 288 g/mol. The van der Waals surface area contributed by atoms with Crippen molar-refractivity contribution in [3.8, 4) is 5.75 Å². The van der Waals surface area contributed by atoms with Gasteiger partial charge in [-0.2, -0.15) is 5.10 Å². The Hall–Kier alpha value is -2.62. The van der Waals surface area contributed by atoms with Crippen LogP contribution in [0.1, 0.15) is 25.0 Å². The van der Waals surface area contributed by atoms with Gasteiger partial charge < -0.3 is 4.74 Å². The predicted molar refractivity (Wildman–Crippen MR) is 92.6 cm³/mol. The molecule has 0 unspecified atom stereocenters. The number of aryl methyl sites for hydroxylation is 1. The number of carbonyl (C=O) groups is 1. The lowest BCUT2D eigenvalue weighted by Gasteiger charge is -2.11. The summed E-state index contributed by atoms with van der Waals surface area (Å²) in [4.78, 5) is 11.9. The first-order chi connectivity index (χ1) is 11.1. The van der Waals surface area contributed by atoms with Crippen LogP contribution in [-0.2, 0) is 4.79 Å². The Labute approximate surface area is 137 Å². The van der Waals surface area contributed by atoms with E-state index in [2.05, 4.69) is 10.5 Å². The summed E-state index contributed by atoms with van der Waals surface area (Å²) in [5.74, 6) is 0.595. The molecule has 0 saturated heterocycles. The van der Waals surface area contributed by atoms with Crippen molar-refractivity contribution in [3.63, 3.8) is 0 Å². The molecule has 0 spiro atoms. The zero-order valence-electron chi connectivity index (χ0n) is 13.7. The summed E-state index contributed by atoms with van der Waals surface area (Å²) in [6.07, 6.45) is 0. The minimum Gasteiger partial charge on any atom is -0.484 e. The predicted octanol–water partition coefficient (Wildman–Crippen LogP) is 3.55. The van der Waals surface area contributed by atoms with Gasteiger partial charge in [0.15, 0.2) is 6.61 Å². The van der Waals surface area contributed by atoms with Crippen molar-refractivity contribution >= 4 is 11.6 Å². The molecule has 2 aromatic rings. The van der Waals surface area contributed by atoms with Crippen LogP contribution in [0.15, 0.2) is 59.7 Å². The van der Waals surface area contributed by atoms with Crippen molar-refractivity contribution in [2.24, 2.45) is 11.0 Å². The average Bonchev–Trinajstić information content (AvgIpc) is 2.55. The second-order valence-corrected chi connectivity index (χ2v) is 5.65. The van der Waals surface area contributed by atoms with Crippen LogP contribution in [0.3, 0.4) is 0 Å². The maximum absolute atomic E-state index is 11.9. The molecule has 0 aliphatic heterocycles. The number of ether oxygens (including phenoxy) is 1. The van der Waals surface area contributed by atoms with Gasteiger partial charge >= 0.3 is 0 Å². The summed E-state index contributed by atoms with van der Waals surface area (Å²) in [6.45, 7) is 6.02. The third kappa shape index (κ3) is 5.25. The molecule has 0 radical (unpaired) electrons. The van der Waals surface area contributed by atoms with Gasteiger partial charge in [-0.15, -0.1) is 0 Å². The lowest BCUT2D eigenvalue weighted by Crippen LogP contribution is -2.27. The first kappa shape index (κ1) is 16.7. The third-order valence-corrected chi connectivity index (χ3v) is 3.31. The first-order valence-electron chi connectivity index (χ1n) is 7.67. The van der Waals surface area contributed by atoms with E-state index in [9.17, 15) is 4.79 Å². The molecule has 4 heteroatoms. The molecule has 0 bridgehead atoms. The second-order valence-electron chi connectivity index (χ2n) is 5.65. The fourth-order valence-corrected chi connectivity index (χ4v) is 2.07. The van der Waals surface area contributed by atoms with E-state index in [1.165, 1.54) is 0 Å². The summed E-state index contributed by atoms with van der Waals surface area (Å²) < 4.78 is 5.44. The van der Waals surface area contributed by atoms with E-state index in [0.717, 1.165) is 16.8 Å². The Morgan fingerprint density at radius 3 is 2.35 bits per heavy atom. The molecule has 0 atom stereocenters. The van der Waals surface area contributed by atoms with Gasteiger partial charge in [0.25, 0.3) is 5.91 Å². The standard InChI is InChI=1S/C19H22N2O2/c1-14(2)19(16-7-5-4-6-8-16)21-20-18(22)13-23-17-11-9-15(3)10-12-17/h4-12,14H,13H2,1-3H3,(H,20,22). The average molecular weight is 310 g/mol. The van der Waals surface area contributed by atoms with Gasteiger partial charge in [0, 0.05) is 0 Å². The highest BCUT2D eigenvalue weighted by molar-refractivity contribution is 6.02. The number of rotatable bonds is 6. The lowest BCUT2D eigenvalue weighted by molar-refractivity contribution is -0.123. The molecule has 0 aliphatic rings. The molecule has 1 amide bonds. The zero-order valence-corrected chi connectivity index (χ0v) is 13.7. The first-order valence-corrected chi connectivity index (χ1v) is 7.67. The van der Waals surface area contributed by atoms with Crippen molar-refractivity contribution in [1.82, 2.24) is 5.43 Å². The van der Waals surface area contributed by atoms with E-state index in [4.69, 9.17) is 4.74 Å². The van der Waals surface area contributed by atoms with E-state index in [1.54, 1.807) is 0 Å². The van der Waals surface area contributed by atoms with Crippen molar-refractivity contribution in [2.75, 3.05) is 6.61 Å². The highest BCUT2D eigenvalue weighted by atomic mass is 16.5. The van der Waals surface area contributed by atoms with Gasteiger partial charge in [-0.05, 0) is 30.5 Å². The molecule has 0 aromatic heterocycles. The van der Waals surface area contributed by atoms with Gasteiger partial charge in [0.1, 0.15) is 5.75 Å². The molecule has 23 heavy (non-hydrogen) atoms. The highest BCUT2D eigenvalue weighted by Gasteiger charge is 2.09. The maximum Gasteiger partial charge on any atom is 0.277 e. The normalized spacial score (nSPS) is 11.4. The van der Waals surface area contributed by atoms with Crippen LogP contribution < -0.4 is 10.2 Å². The Kier molecular flexibility index (Phi) is 5.92. The Morgan fingerprint density at radius 2 is 1.74 bits per heavy atom. The fourth-order valence-electron chi connectivity index (χ4n) is 2.07. The minimum atomic E-state index is -0.278. The quantitative estimate of drug-likeness (QED) is 0.655. The van der Waals surface area contributed by atoms with Crippen LogP contribution in [0.25, 0.3) is 0 Å². The van der Waals surface area contributed by atoms with E-state index >= 15 is 0 Å². The largest absolute Gasteiger partial charge is 0.484 e. The number of hydrogen-bond acceptors (Lipinski definition) is 3. The number of nitrogens with zero attached hydrogens (tertiary/aromatic N) is 1. The minimum absolute atomic E-state index is 0.0628. The van der Waals surface area contributed by atoms with Crippen LogP contribution in [0, 0.1) is 12.8 Å². The molecule has 0 saturated carbocycles. The summed E-state index contributed by atoms with van der Waals surface area (Å²) in [6, 6.07) is 17.4. The second kappa shape index (κ2) is 8.13. The maximum atomic E-state index is 11.9. The van der Waals surface area contributed by atoms with E-state index in [1.807, 2.05) is 75.4 Å². The van der Waals surface area contributed by atoms with Gasteiger partial charge in [0.05, 0.1) is 5.71 Å². The van der Waals surface area contributed by atoms with Crippen molar-refractivity contribution < 1.29 is 9.53 Å². The molecule has 120 valence electrons. The van der Waals surface area contributed by atoms with Crippen molar-refractivity contribution in [3.05, 3.63) is 65.7 Å². The molecule has 0 fully saturated rings. The summed E-state index contributed by atoms with van der Waals surface area (Å²) >= 11 is 0. The van der Waals surface area contributed by atoms with Crippen LogP contribution in [0.5, 0.6) is 5.75 Å². The molecule has 0 aliphatic carbocycles. The zero-order chi connectivity index (χ0) is 16.7. The van der Waals surface area contributed by atoms with Gasteiger partial charge in [-0.25, -0.2) is 5.43 Å². The highest BCUT2D eigenvalue weighted by Crippen LogP contribution is 2.11. The number of amides is 1. The van der Waals surface area contributed by atoms with Gasteiger partial charge in [0.2, 0.25) is 0 Å². The topological polar surface area (TPSA) is 50.7 Å². The Bertz CT molecular complexity index is 662. The van der Waals surface area contributed by atoms with E-state index in [-0.39, 0.29) is 18.4 Å². The van der Waals surface area contributed by atoms with E-state index in [0.29, 0.717) is 5.75 Å². The monoisotopic (exact) mass is 310 g/mol. The van der Waals surface area contributed by atoms with Crippen LogP contribution in [0.4, 0.5) is 0 Å².